The number of nitrogens with zero attached hydrogens (tertiary/aromatic N) is 8. The van der Waals surface area contributed by atoms with Gasteiger partial charge in [0.15, 0.2) is 0 Å². The van der Waals surface area contributed by atoms with E-state index in [1.54, 1.807) is 36.5 Å². The van der Waals surface area contributed by atoms with Crippen molar-refractivity contribution in [2.75, 3.05) is 75.2 Å². The van der Waals surface area contributed by atoms with Crippen LogP contribution >= 0.6 is 11.6 Å². The first-order chi connectivity index (χ1) is 31.1. The summed E-state index contributed by atoms with van der Waals surface area (Å²) in [5.74, 6) is 0.435. The van der Waals surface area contributed by atoms with Gasteiger partial charge in [-0.05, 0) is 74.1 Å². The van der Waals surface area contributed by atoms with Gasteiger partial charge in [0.2, 0.25) is 5.91 Å². The lowest BCUT2D eigenvalue weighted by Gasteiger charge is -2.63. The van der Waals surface area contributed by atoms with Crippen LogP contribution in [0.5, 0.6) is 5.75 Å². The highest BCUT2D eigenvalue weighted by Gasteiger charge is 2.64. The fraction of sp³-hybridized carbons (Fsp3) is 0.521. The predicted molar refractivity (Wildman–Crippen MR) is 244 cm³/mol. The minimum Gasteiger partial charge on any atom is -0.489 e. The van der Waals surface area contributed by atoms with Crippen molar-refractivity contribution in [3.05, 3.63) is 82.0 Å². The van der Waals surface area contributed by atoms with E-state index in [2.05, 4.69) is 64.0 Å². The molecule has 4 saturated heterocycles. The number of hydrazine groups is 1. The monoisotopic (exact) mass is 904 g/mol. The maximum Gasteiger partial charge on any atom is 0.343 e. The Kier molecular flexibility index (Phi) is 12.0. The van der Waals surface area contributed by atoms with Crippen molar-refractivity contribution in [3.63, 3.8) is 0 Å². The second-order valence-corrected chi connectivity index (χ2v) is 20.0. The summed E-state index contributed by atoms with van der Waals surface area (Å²) in [6.07, 6.45) is 5.75. The number of halogens is 1. The molecule has 0 atom stereocenters. The van der Waals surface area contributed by atoms with Gasteiger partial charge >= 0.3 is 6.03 Å². The number of fused-ring (bicyclic) bond motifs is 1. The quantitative estimate of drug-likeness (QED) is 0.256. The van der Waals surface area contributed by atoms with E-state index in [0.717, 1.165) is 106 Å². The molecular formula is C48H57ClN10O6. The predicted octanol–water partition coefficient (Wildman–Crippen LogP) is 5.17. The number of carbonyl (C=O) groups is 5. The summed E-state index contributed by atoms with van der Waals surface area (Å²) in [7, 11) is 0. The van der Waals surface area contributed by atoms with Crippen molar-refractivity contribution in [1.29, 1.82) is 5.26 Å². The number of piperidine rings is 2. The summed E-state index contributed by atoms with van der Waals surface area (Å²) in [6, 6.07) is 15.9. The molecule has 0 bridgehead atoms. The molecule has 5 aliphatic heterocycles. The third-order valence-corrected chi connectivity index (χ3v) is 15.1. The van der Waals surface area contributed by atoms with Crippen LogP contribution in [0.1, 0.15) is 96.4 Å². The number of aromatic nitrogens is 1. The Hall–Kier alpha value is -5.76. The van der Waals surface area contributed by atoms with Crippen LogP contribution in [0.15, 0.2) is 54.7 Å². The zero-order chi connectivity index (χ0) is 45.8. The zero-order valence-electron chi connectivity index (χ0n) is 37.5. The van der Waals surface area contributed by atoms with Crippen LogP contribution in [0.25, 0.3) is 0 Å². The van der Waals surface area contributed by atoms with Crippen molar-refractivity contribution in [1.82, 2.24) is 35.4 Å². The highest BCUT2D eigenvalue weighted by molar-refractivity contribution is 6.31. The van der Waals surface area contributed by atoms with E-state index in [9.17, 15) is 29.2 Å². The Bertz CT molecular complexity index is 2400. The summed E-state index contributed by atoms with van der Waals surface area (Å²) in [6.45, 7) is 17.2. The van der Waals surface area contributed by atoms with Crippen LogP contribution < -0.4 is 25.2 Å². The summed E-state index contributed by atoms with van der Waals surface area (Å²) in [4.78, 5) is 78.6. The number of hydrogen-bond acceptors (Lipinski definition) is 12. The number of imide groups is 2. The number of nitriles is 1. The second kappa shape index (κ2) is 17.6. The van der Waals surface area contributed by atoms with Gasteiger partial charge in [0.25, 0.3) is 17.7 Å². The largest absolute Gasteiger partial charge is 0.489 e. The number of piperazine rings is 1. The molecule has 5 fully saturated rings. The lowest BCUT2D eigenvalue weighted by atomic mass is 9.49. The lowest BCUT2D eigenvalue weighted by molar-refractivity contribution is -0.164. The van der Waals surface area contributed by atoms with Crippen molar-refractivity contribution in [2.45, 2.75) is 78.0 Å². The summed E-state index contributed by atoms with van der Waals surface area (Å²) >= 11 is 6.26. The lowest BCUT2D eigenvalue weighted by Crippen LogP contribution is -2.74. The first-order valence-electron chi connectivity index (χ1n) is 22.9. The highest BCUT2D eigenvalue weighted by atomic mass is 35.5. The van der Waals surface area contributed by atoms with Gasteiger partial charge in [-0.1, -0.05) is 39.3 Å². The Morgan fingerprint density at radius 3 is 2.18 bits per heavy atom. The number of pyridine rings is 1. The highest BCUT2D eigenvalue weighted by Crippen LogP contribution is 2.55. The summed E-state index contributed by atoms with van der Waals surface area (Å²) in [5, 5.41) is 16.9. The van der Waals surface area contributed by atoms with Gasteiger partial charge in [-0.3, -0.25) is 29.4 Å². The van der Waals surface area contributed by atoms with E-state index in [1.807, 2.05) is 18.2 Å². The first kappa shape index (κ1) is 44.4. The Balaban J connectivity index is 0.693. The average Bonchev–Trinajstić information content (AvgIpc) is 3.55. The summed E-state index contributed by atoms with van der Waals surface area (Å²) < 4.78 is 6.39. The topological polar surface area (TPSA) is 175 Å². The van der Waals surface area contributed by atoms with Crippen molar-refractivity contribution in [3.8, 4) is 11.8 Å². The minimum absolute atomic E-state index is 0.0228. The van der Waals surface area contributed by atoms with Gasteiger partial charge in [-0.25, -0.2) is 14.8 Å². The number of benzene rings is 2. The molecule has 0 unspecified atom stereocenters. The van der Waals surface area contributed by atoms with Crippen LogP contribution in [-0.2, 0) is 4.79 Å². The molecule has 0 spiro atoms. The SMILES string of the molecule is CC1(C)C(NC(=O)c2ccc(N3CCC(CN4CCN(C5CCN(c6ccc7c(c6)C(=O)N(N6CCC(=O)NC6=O)C7=O)CC5)CC4)CC3)nc2)C(C)(C)C1Oc1ccc(C#N)c(Cl)c1. The number of nitrogens with one attached hydrogen (secondary N) is 2. The molecule has 0 radical (unpaired) electrons. The van der Waals surface area contributed by atoms with Gasteiger partial charge in [0, 0.05) is 106 Å². The molecule has 2 N–H and O–H groups in total. The van der Waals surface area contributed by atoms with Crippen LogP contribution in [-0.4, -0.2) is 138 Å². The Labute approximate surface area is 384 Å². The molecule has 2 aromatic carbocycles. The number of anilines is 2. The molecule has 9 rings (SSSR count). The van der Waals surface area contributed by atoms with E-state index in [1.165, 1.54) is 0 Å². The number of urea groups is 1. The fourth-order valence-corrected chi connectivity index (χ4v) is 11.6. The van der Waals surface area contributed by atoms with E-state index in [0.29, 0.717) is 33.9 Å². The molecule has 3 aromatic rings. The molecule has 16 nitrogen and oxygen atoms in total. The number of ether oxygens (including phenoxy) is 1. The number of amides is 6. The minimum atomic E-state index is -0.767. The third kappa shape index (κ3) is 8.50. The first-order valence-corrected chi connectivity index (χ1v) is 23.2. The standard InChI is InChI=1S/C48H57ClN10O6/c1-47(2)44(48(3,4)45(47)65-35-8-5-31(27-50)38(49)26-35)53-41(61)32-6-10-39(51-28-32)57-16-11-30(12-17-57)29-54-21-23-56(24-22-54)33-13-18-55(19-14-33)34-7-9-36-37(25-34)43(63)59(42(36)62)58-20-15-40(60)52-46(58)64/h5-10,25-26,28,30,33,44-45H,11-24,29H2,1-4H3,(H,53,61)(H,52,60,64). The van der Waals surface area contributed by atoms with E-state index < -0.39 is 23.8 Å². The molecule has 1 aromatic heterocycles. The number of hydrogen-bond donors (Lipinski definition) is 2. The van der Waals surface area contributed by atoms with Crippen LogP contribution in [0.4, 0.5) is 16.3 Å². The molecule has 1 aliphatic carbocycles. The zero-order valence-corrected chi connectivity index (χ0v) is 38.3. The van der Waals surface area contributed by atoms with Gasteiger partial charge in [-0.2, -0.15) is 10.3 Å². The molecular weight excluding hydrogens is 848 g/mol. The second-order valence-electron chi connectivity index (χ2n) is 19.6. The third-order valence-electron chi connectivity index (χ3n) is 14.8. The van der Waals surface area contributed by atoms with E-state index >= 15 is 0 Å². The van der Waals surface area contributed by atoms with Gasteiger partial charge in [0.05, 0.1) is 33.8 Å². The Morgan fingerprint density at radius 1 is 0.846 bits per heavy atom. The van der Waals surface area contributed by atoms with Crippen molar-refractivity contribution < 1.29 is 28.7 Å². The van der Waals surface area contributed by atoms with Crippen LogP contribution in [0.3, 0.4) is 0 Å². The molecule has 342 valence electrons. The van der Waals surface area contributed by atoms with Crippen molar-refractivity contribution >= 4 is 52.8 Å². The number of rotatable bonds is 10. The van der Waals surface area contributed by atoms with Gasteiger partial charge < -0.3 is 24.8 Å². The summed E-state index contributed by atoms with van der Waals surface area (Å²) in [5.41, 5.74) is 1.64. The molecule has 65 heavy (non-hydrogen) atoms. The maximum atomic E-state index is 13.5. The molecule has 6 amide bonds. The van der Waals surface area contributed by atoms with Crippen molar-refractivity contribution in [2.24, 2.45) is 16.7 Å². The normalized spacial score (nSPS) is 24.1. The van der Waals surface area contributed by atoms with Crippen LogP contribution in [0, 0.1) is 28.1 Å². The van der Waals surface area contributed by atoms with E-state index in [4.69, 9.17) is 21.3 Å². The fourth-order valence-electron chi connectivity index (χ4n) is 11.4. The molecule has 6 aliphatic rings. The van der Waals surface area contributed by atoms with Crippen LogP contribution in [0.2, 0.25) is 5.02 Å². The molecule has 1 saturated carbocycles. The van der Waals surface area contributed by atoms with Gasteiger partial charge in [0.1, 0.15) is 23.7 Å². The maximum absolute atomic E-state index is 13.5. The smallest absolute Gasteiger partial charge is 0.343 e. The molecule has 6 heterocycles. The number of carbonyl (C=O) groups excluding carboxylic acids is 5. The Morgan fingerprint density at radius 2 is 1.54 bits per heavy atom. The van der Waals surface area contributed by atoms with E-state index in [-0.39, 0.29) is 53.0 Å². The molecule has 17 heteroatoms. The average molecular weight is 906 g/mol. The van der Waals surface area contributed by atoms with Gasteiger partial charge in [-0.15, -0.1) is 0 Å².